The first kappa shape index (κ1) is 16.0. The number of nitrogens with zero attached hydrogens (tertiary/aromatic N) is 3. The number of halogens is 1. The van der Waals surface area contributed by atoms with E-state index in [1.54, 1.807) is 29.7 Å². The third-order valence-electron chi connectivity index (χ3n) is 4.26. The van der Waals surface area contributed by atoms with Crippen LogP contribution in [0.2, 0.25) is 0 Å². The van der Waals surface area contributed by atoms with Crippen molar-refractivity contribution in [1.29, 1.82) is 0 Å². The van der Waals surface area contributed by atoms with Gasteiger partial charge in [-0.25, -0.2) is 4.98 Å². The topological polar surface area (TPSA) is 58.1 Å². The molecular formula is C18H17FN4OS. The Morgan fingerprint density at radius 3 is 2.92 bits per heavy atom. The Morgan fingerprint density at radius 2 is 2.12 bits per heavy atom. The summed E-state index contributed by atoms with van der Waals surface area (Å²) in [5, 5.41) is 5.02. The molecule has 1 saturated heterocycles. The zero-order chi connectivity index (χ0) is 17.2. The van der Waals surface area contributed by atoms with Gasteiger partial charge in [0.15, 0.2) is 0 Å². The molecule has 3 aromatic rings. The Kier molecular flexibility index (Phi) is 4.31. The average molecular weight is 356 g/mol. The highest BCUT2D eigenvalue weighted by atomic mass is 32.1. The van der Waals surface area contributed by atoms with Crippen LogP contribution in [0.3, 0.4) is 0 Å². The molecule has 3 aromatic heterocycles. The first-order valence-corrected chi connectivity index (χ1v) is 9.05. The summed E-state index contributed by atoms with van der Waals surface area (Å²) in [4.78, 5) is 22.7. The van der Waals surface area contributed by atoms with Gasteiger partial charge in [0.05, 0.1) is 17.2 Å². The molecule has 4 heterocycles. The second kappa shape index (κ2) is 6.76. The zero-order valence-electron chi connectivity index (χ0n) is 13.5. The Morgan fingerprint density at radius 1 is 1.28 bits per heavy atom. The van der Waals surface area contributed by atoms with Crippen LogP contribution in [0.5, 0.6) is 0 Å². The van der Waals surface area contributed by atoms with Crippen LogP contribution >= 0.6 is 11.3 Å². The minimum Gasteiger partial charge on any atom is -0.371 e. The van der Waals surface area contributed by atoms with Gasteiger partial charge in [-0.05, 0) is 37.1 Å². The van der Waals surface area contributed by atoms with E-state index in [1.165, 1.54) is 6.07 Å². The van der Waals surface area contributed by atoms with Crippen LogP contribution in [0.1, 0.15) is 29.0 Å². The molecule has 0 saturated carbocycles. The summed E-state index contributed by atoms with van der Waals surface area (Å²) in [6.45, 7) is 2.03. The number of likely N-dealkylation sites (tertiary alicyclic amines) is 1. The van der Waals surface area contributed by atoms with Gasteiger partial charge in [-0.2, -0.15) is 4.39 Å². The number of rotatable bonds is 4. The van der Waals surface area contributed by atoms with Crippen molar-refractivity contribution in [2.45, 2.75) is 19.4 Å². The van der Waals surface area contributed by atoms with Crippen molar-refractivity contribution in [3.05, 3.63) is 53.9 Å². The van der Waals surface area contributed by atoms with E-state index in [2.05, 4.69) is 15.3 Å². The molecule has 1 aliphatic rings. The van der Waals surface area contributed by atoms with Gasteiger partial charge in [-0.3, -0.25) is 9.78 Å². The first-order chi connectivity index (χ1) is 12.2. The lowest BCUT2D eigenvalue weighted by atomic mass is 10.2. The number of amides is 1. The van der Waals surface area contributed by atoms with E-state index in [0.29, 0.717) is 17.9 Å². The minimum atomic E-state index is -0.488. The SMILES string of the molecule is O=C(c1nccc2sc(NCc3cccc(F)n3)cc12)N1CCCC1. The largest absolute Gasteiger partial charge is 0.371 e. The molecule has 1 aliphatic heterocycles. The van der Waals surface area contributed by atoms with Gasteiger partial charge in [0.2, 0.25) is 5.95 Å². The highest BCUT2D eigenvalue weighted by Crippen LogP contribution is 2.32. The molecule has 1 amide bonds. The van der Waals surface area contributed by atoms with E-state index in [1.807, 2.05) is 17.0 Å². The van der Waals surface area contributed by atoms with Crippen LogP contribution in [-0.2, 0) is 6.54 Å². The Bertz CT molecular complexity index is 920. The Labute approximate surface area is 148 Å². The van der Waals surface area contributed by atoms with Gasteiger partial charge in [0.25, 0.3) is 5.91 Å². The van der Waals surface area contributed by atoms with Crippen LogP contribution in [-0.4, -0.2) is 33.9 Å². The molecule has 7 heteroatoms. The highest BCUT2D eigenvalue weighted by Gasteiger charge is 2.23. The number of hydrogen-bond donors (Lipinski definition) is 1. The second-order valence-electron chi connectivity index (χ2n) is 5.99. The van der Waals surface area contributed by atoms with Crippen LogP contribution in [0.25, 0.3) is 10.1 Å². The average Bonchev–Trinajstić information content (AvgIpc) is 3.28. The normalized spacial score (nSPS) is 14.2. The molecule has 4 rings (SSSR count). The third-order valence-corrected chi connectivity index (χ3v) is 5.32. The van der Waals surface area contributed by atoms with E-state index < -0.39 is 5.95 Å². The van der Waals surface area contributed by atoms with Crippen LogP contribution < -0.4 is 5.32 Å². The van der Waals surface area contributed by atoms with Crippen LogP contribution in [0.4, 0.5) is 9.39 Å². The zero-order valence-corrected chi connectivity index (χ0v) is 14.4. The van der Waals surface area contributed by atoms with Crippen molar-refractivity contribution in [3.63, 3.8) is 0 Å². The first-order valence-electron chi connectivity index (χ1n) is 8.24. The van der Waals surface area contributed by atoms with E-state index in [0.717, 1.165) is 41.0 Å². The predicted molar refractivity (Wildman–Crippen MR) is 96.3 cm³/mol. The minimum absolute atomic E-state index is 0.000697. The molecule has 128 valence electrons. The summed E-state index contributed by atoms with van der Waals surface area (Å²) in [7, 11) is 0. The number of carbonyl (C=O) groups excluding carboxylic acids is 1. The van der Waals surface area contributed by atoms with Crippen molar-refractivity contribution < 1.29 is 9.18 Å². The molecule has 0 aromatic carbocycles. The molecule has 25 heavy (non-hydrogen) atoms. The number of fused-ring (bicyclic) bond motifs is 1. The summed E-state index contributed by atoms with van der Waals surface area (Å²) in [5.41, 5.74) is 1.14. The molecule has 0 bridgehead atoms. The van der Waals surface area contributed by atoms with E-state index in [-0.39, 0.29) is 5.91 Å². The maximum Gasteiger partial charge on any atom is 0.273 e. The summed E-state index contributed by atoms with van der Waals surface area (Å²) in [5.74, 6) is -0.488. The molecule has 0 aliphatic carbocycles. The number of anilines is 1. The van der Waals surface area contributed by atoms with E-state index >= 15 is 0 Å². The molecule has 0 radical (unpaired) electrons. The van der Waals surface area contributed by atoms with Crippen molar-refractivity contribution in [2.75, 3.05) is 18.4 Å². The third kappa shape index (κ3) is 3.32. The van der Waals surface area contributed by atoms with Gasteiger partial charge < -0.3 is 10.2 Å². The Balaban J connectivity index is 1.57. The number of carbonyl (C=O) groups is 1. The van der Waals surface area contributed by atoms with Gasteiger partial charge in [-0.15, -0.1) is 11.3 Å². The summed E-state index contributed by atoms with van der Waals surface area (Å²) >= 11 is 1.55. The van der Waals surface area contributed by atoms with Gasteiger partial charge >= 0.3 is 0 Å². The van der Waals surface area contributed by atoms with Gasteiger partial charge in [-0.1, -0.05) is 6.07 Å². The van der Waals surface area contributed by atoms with Crippen molar-refractivity contribution >= 4 is 32.3 Å². The van der Waals surface area contributed by atoms with E-state index in [9.17, 15) is 9.18 Å². The maximum absolute atomic E-state index is 13.2. The molecule has 1 N–H and O–H groups in total. The number of nitrogens with one attached hydrogen (secondary N) is 1. The van der Waals surface area contributed by atoms with Gasteiger partial charge in [0.1, 0.15) is 5.69 Å². The molecular weight excluding hydrogens is 339 g/mol. The van der Waals surface area contributed by atoms with Crippen molar-refractivity contribution in [1.82, 2.24) is 14.9 Å². The smallest absolute Gasteiger partial charge is 0.273 e. The van der Waals surface area contributed by atoms with Crippen molar-refractivity contribution in [3.8, 4) is 0 Å². The molecule has 1 fully saturated rings. The number of thiophene rings is 1. The second-order valence-corrected chi connectivity index (χ2v) is 7.07. The number of hydrogen-bond acceptors (Lipinski definition) is 5. The highest BCUT2D eigenvalue weighted by molar-refractivity contribution is 7.22. The molecule has 5 nitrogen and oxygen atoms in total. The lowest BCUT2D eigenvalue weighted by molar-refractivity contribution is 0.0789. The fourth-order valence-corrected chi connectivity index (χ4v) is 3.97. The monoisotopic (exact) mass is 356 g/mol. The fraction of sp³-hybridized carbons (Fsp3) is 0.278. The van der Waals surface area contributed by atoms with E-state index in [4.69, 9.17) is 0 Å². The van der Waals surface area contributed by atoms with Crippen LogP contribution in [0.15, 0.2) is 36.5 Å². The summed E-state index contributed by atoms with van der Waals surface area (Å²) in [6, 6.07) is 8.58. The predicted octanol–water partition coefficient (Wildman–Crippen LogP) is 3.68. The molecule has 0 atom stereocenters. The standard InChI is InChI=1S/C18H17FN4OS/c19-15-5-3-4-12(22-15)11-21-16-10-13-14(25-16)6-7-20-17(13)18(24)23-8-1-2-9-23/h3-7,10,21H,1-2,8-9,11H2. The molecule has 0 spiro atoms. The van der Waals surface area contributed by atoms with Crippen molar-refractivity contribution in [2.24, 2.45) is 0 Å². The summed E-state index contributed by atoms with van der Waals surface area (Å²) in [6.07, 6.45) is 3.79. The maximum atomic E-state index is 13.2. The quantitative estimate of drug-likeness (QED) is 0.725. The lowest BCUT2D eigenvalue weighted by Gasteiger charge is -2.14. The Hall–Kier alpha value is -2.54. The lowest BCUT2D eigenvalue weighted by Crippen LogP contribution is -2.28. The number of aromatic nitrogens is 2. The summed E-state index contributed by atoms with van der Waals surface area (Å²) < 4.78 is 14.2. The fourth-order valence-electron chi connectivity index (χ4n) is 3.02. The molecule has 0 unspecified atom stereocenters. The van der Waals surface area contributed by atoms with Gasteiger partial charge in [0, 0.05) is 29.4 Å². The number of pyridine rings is 2. The van der Waals surface area contributed by atoms with Crippen LogP contribution in [0, 0.1) is 5.95 Å².